The first kappa shape index (κ1) is 25.3. The van der Waals surface area contributed by atoms with Gasteiger partial charge in [-0.3, -0.25) is 9.36 Å². The number of aromatic carboxylic acids is 1. The molecule has 0 aliphatic heterocycles. The van der Waals surface area contributed by atoms with Crippen molar-refractivity contribution in [2.45, 2.75) is 32.0 Å². The zero-order valence-electron chi connectivity index (χ0n) is 18.5. The molecule has 10 heteroatoms. The van der Waals surface area contributed by atoms with E-state index in [2.05, 4.69) is 5.09 Å². The Labute approximate surface area is 195 Å². The number of esters is 1. The van der Waals surface area contributed by atoms with Crippen LogP contribution in [0.2, 0.25) is 0 Å². The zero-order valence-corrected chi connectivity index (χ0v) is 19.4. The van der Waals surface area contributed by atoms with Gasteiger partial charge in [0.1, 0.15) is 11.8 Å². The lowest BCUT2D eigenvalue weighted by Crippen LogP contribution is -2.39. The molecule has 34 heavy (non-hydrogen) atoms. The van der Waals surface area contributed by atoms with Crippen molar-refractivity contribution in [3.05, 3.63) is 77.9 Å². The number of rotatable bonds is 10. The van der Waals surface area contributed by atoms with Crippen LogP contribution in [0.1, 0.15) is 36.2 Å². The van der Waals surface area contributed by atoms with Crippen LogP contribution in [0.3, 0.4) is 0 Å². The first-order valence-corrected chi connectivity index (χ1v) is 12.1. The Morgan fingerprint density at radius 3 is 2.38 bits per heavy atom. The highest BCUT2D eigenvalue weighted by Crippen LogP contribution is 2.63. The van der Waals surface area contributed by atoms with Gasteiger partial charge in [0.15, 0.2) is 0 Å². The van der Waals surface area contributed by atoms with Gasteiger partial charge in [0.25, 0.3) is 0 Å². The van der Waals surface area contributed by atoms with Crippen LogP contribution in [-0.2, 0) is 19.8 Å². The first-order valence-electron chi connectivity index (χ1n) is 10.5. The largest absolute Gasteiger partial charge is 0.478 e. The molecule has 2 N–H and O–H groups in total. The maximum atomic E-state index is 15.8. The van der Waals surface area contributed by atoms with Crippen molar-refractivity contribution in [1.82, 2.24) is 5.09 Å². The maximum absolute atomic E-state index is 15.8. The molecule has 2 atom stereocenters. The molecule has 0 fully saturated rings. The third-order valence-corrected chi connectivity index (χ3v) is 7.14. The fraction of sp³-hybridized carbons (Fsp3) is 0.250. The maximum Gasteiger partial charge on any atom is 0.390 e. The molecule has 0 saturated carbocycles. The predicted molar refractivity (Wildman–Crippen MR) is 123 cm³/mol. The number of carbonyl (C=O) groups is 2. The number of ether oxygens (including phenoxy) is 1. The number of fused-ring (bicyclic) bond motifs is 1. The fourth-order valence-corrected chi connectivity index (χ4v) is 5.01. The molecule has 3 aromatic carbocycles. The highest BCUT2D eigenvalue weighted by Gasteiger charge is 2.56. The second kappa shape index (κ2) is 10.3. The van der Waals surface area contributed by atoms with E-state index in [1.165, 1.54) is 55.5 Å². The molecule has 0 aliphatic rings. The summed E-state index contributed by atoms with van der Waals surface area (Å²) in [4.78, 5) is 23.5. The molecule has 7 nitrogen and oxygen atoms in total. The van der Waals surface area contributed by atoms with Crippen LogP contribution in [0.15, 0.2) is 66.7 Å². The van der Waals surface area contributed by atoms with Crippen LogP contribution in [0.5, 0.6) is 5.75 Å². The van der Waals surface area contributed by atoms with Crippen molar-refractivity contribution in [2.75, 3.05) is 6.61 Å². The van der Waals surface area contributed by atoms with Crippen LogP contribution in [0.25, 0.3) is 10.8 Å². The van der Waals surface area contributed by atoms with Gasteiger partial charge in [0, 0.05) is 5.56 Å². The van der Waals surface area contributed by atoms with Crippen molar-refractivity contribution >= 4 is 30.2 Å². The van der Waals surface area contributed by atoms with Gasteiger partial charge in [0.05, 0.1) is 12.2 Å². The van der Waals surface area contributed by atoms with E-state index in [1.807, 2.05) is 0 Å². The minimum Gasteiger partial charge on any atom is -0.478 e. The number of benzene rings is 3. The third-order valence-electron chi connectivity index (χ3n) is 4.95. The van der Waals surface area contributed by atoms with Crippen LogP contribution in [0.4, 0.5) is 8.78 Å². The molecule has 3 aromatic rings. The fourth-order valence-electron chi connectivity index (χ4n) is 3.17. The van der Waals surface area contributed by atoms with Crippen LogP contribution in [-0.4, -0.2) is 29.7 Å². The lowest BCUT2D eigenvalue weighted by molar-refractivity contribution is -0.145. The zero-order chi connectivity index (χ0) is 24.9. The molecule has 0 heterocycles. The number of carboxylic acids is 1. The predicted octanol–water partition coefficient (Wildman–Crippen LogP) is 5.79. The molecule has 0 radical (unpaired) electrons. The number of para-hydroxylation sites is 1. The normalized spacial score (nSPS) is 14.2. The highest BCUT2D eigenvalue weighted by atomic mass is 31.2. The third kappa shape index (κ3) is 5.43. The van der Waals surface area contributed by atoms with Crippen molar-refractivity contribution < 1.29 is 37.3 Å². The van der Waals surface area contributed by atoms with E-state index in [0.29, 0.717) is 11.8 Å². The van der Waals surface area contributed by atoms with Gasteiger partial charge in [-0.1, -0.05) is 43.3 Å². The van der Waals surface area contributed by atoms with Gasteiger partial charge in [0.2, 0.25) is 0 Å². The van der Waals surface area contributed by atoms with Gasteiger partial charge in [-0.15, -0.1) is 0 Å². The minimum atomic E-state index is -5.12. The number of carboxylic acid groups (broad SMARTS) is 1. The molecule has 0 aliphatic carbocycles. The summed E-state index contributed by atoms with van der Waals surface area (Å²) in [6.45, 7) is 3.12. The SMILES string of the molecule is CCCOC(=O)C(C)NP(=O)(Oc1ccccc1)C(F)(F)c1ccc2ccc(C(=O)O)cc2c1. The summed E-state index contributed by atoms with van der Waals surface area (Å²) in [6.07, 6.45) is 0.530. The summed E-state index contributed by atoms with van der Waals surface area (Å²) in [5, 5.41) is 12.1. The Morgan fingerprint density at radius 2 is 1.74 bits per heavy atom. The van der Waals surface area contributed by atoms with Gasteiger partial charge >= 0.3 is 25.1 Å². The number of hydrogen-bond acceptors (Lipinski definition) is 5. The standard InChI is InChI=1S/C24H24F2NO6P/c1-3-13-32-23(30)16(2)27-34(31,33-21-7-5-4-6-8-21)24(25,26)20-12-11-17-9-10-18(22(28)29)14-19(17)15-20/h4-12,14-16H,3,13H2,1-2H3,(H,27,31)(H,28,29). The number of nitrogens with one attached hydrogen (secondary N) is 1. The van der Waals surface area contributed by atoms with E-state index < -0.39 is 36.7 Å². The molecule has 3 rings (SSSR count). The topological polar surface area (TPSA) is 102 Å². The molecule has 0 saturated heterocycles. The lowest BCUT2D eigenvalue weighted by Gasteiger charge is -2.30. The molecule has 2 unspecified atom stereocenters. The monoisotopic (exact) mass is 491 g/mol. The summed E-state index contributed by atoms with van der Waals surface area (Å²) in [5.41, 5.74) is -4.83. The number of carbonyl (C=O) groups excluding carboxylic acids is 1. The smallest absolute Gasteiger partial charge is 0.390 e. The van der Waals surface area contributed by atoms with Gasteiger partial charge in [-0.2, -0.15) is 8.78 Å². The number of hydrogen-bond donors (Lipinski definition) is 2. The van der Waals surface area contributed by atoms with Crippen LogP contribution >= 0.6 is 7.52 Å². The number of alkyl halides is 2. The van der Waals surface area contributed by atoms with Crippen LogP contribution < -0.4 is 9.61 Å². The molecule has 0 bridgehead atoms. The second-order valence-corrected chi connectivity index (χ2v) is 9.70. The van der Waals surface area contributed by atoms with E-state index >= 15 is 8.78 Å². The second-order valence-electron chi connectivity index (χ2n) is 7.60. The van der Waals surface area contributed by atoms with Gasteiger partial charge < -0.3 is 14.4 Å². The summed E-state index contributed by atoms with van der Waals surface area (Å²) < 4.78 is 55.7. The van der Waals surface area contributed by atoms with E-state index in [1.54, 1.807) is 13.0 Å². The van der Waals surface area contributed by atoms with Crippen molar-refractivity contribution in [3.63, 3.8) is 0 Å². The molecule has 180 valence electrons. The Balaban J connectivity index is 2.04. The molecule has 0 aromatic heterocycles. The Kier molecular flexibility index (Phi) is 7.69. The summed E-state index contributed by atoms with van der Waals surface area (Å²) in [7, 11) is -5.12. The average Bonchev–Trinajstić information content (AvgIpc) is 2.82. The Hall–Kier alpha value is -3.29. The van der Waals surface area contributed by atoms with E-state index in [0.717, 1.165) is 12.1 Å². The molecular formula is C24H24F2NO6P. The summed E-state index contributed by atoms with van der Waals surface area (Å²) >= 11 is 0. The van der Waals surface area contributed by atoms with Crippen LogP contribution in [0, 0.1) is 0 Å². The van der Waals surface area contributed by atoms with Crippen molar-refractivity contribution in [1.29, 1.82) is 0 Å². The number of halogens is 2. The highest BCUT2D eigenvalue weighted by molar-refractivity contribution is 7.58. The van der Waals surface area contributed by atoms with Crippen molar-refractivity contribution in [2.24, 2.45) is 0 Å². The molecule has 0 amide bonds. The average molecular weight is 491 g/mol. The minimum absolute atomic E-state index is 0.0814. The summed E-state index contributed by atoms with van der Waals surface area (Å²) in [5.74, 6) is -2.14. The Morgan fingerprint density at radius 1 is 1.06 bits per heavy atom. The quantitative estimate of drug-likeness (QED) is 0.273. The Bertz CT molecular complexity index is 1230. The van der Waals surface area contributed by atoms with Gasteiger partial charge in [-0.05, 0) is 54.4 Å². The van der Waals surface area contributed by atoms with E-state index in [-0.39, 0.29) is 23.3 Å². The molecular weight excluding hydrogens is 467 g/mol. The lowest BCUT2D eigenvalue weighted by atomic mass is 10.0. The van der Waals surface area contributed by atoms with E-state index in [4.69, 9.17) is 9.26 Å². The van der Waals surface area contributed by atoms with Gasteiger partial charge in [-0.25, -0.2) is 9.88 Å². The first-order chi connectivity index (χ1) is 16.1. The van der Waals surface area contributed by atoms with E-state index in [9.17, 15) is 19.3 Å². The molecule has 0 spiro atoms. The van der Waals surface area contributed by atoms with Crippen molar-refractivity contribution in [3.8, 4) is 5.75 Å². The summed E-state index contributed by atoms with van der Waals surface area (Å²) in [6, 6.07) is 13.7.